The van der Waals surface area contributed by atoms with E-state index in [0.717, 1.165) is 0 Å². The molecule has 0 saturated carbocycles. The topological polar surface area (TPSA) is 0 Å². The molecule has 0 fully saturated rings. The zero-order valence-electron chi connectivity index (χ0n) is 7.73. The summed E-state index contributed by atoms with van der Waals surface area (Å²) in [5.74, 6) is 0. The summed E-state index contributed by atoms with van der Waals surface area (Å²) in [6, 6.07) is 20.5. The first-order valence-corrected chi connectivity index (χ1v) is 4.79. The van der Waals surface area contributed by atoms with E-state index >= 15 is 0 Å². The standard InChI is InChI=1S/C6H3Cl2.C6H5.Ru/c7-5-3-1-2-4-6(5)8;1-2-4-6-5-3-1;/h1-3H;1-5H;/q2*-1;+2. The van der Waals surface area contributed by atoms with Gasteiger partial charge in [0.2, 0.25) is 0 Å². The molecule has 2 rings (SSSR count). The second kappa shape index (κ2) is 8.91. The van der Waals surface area contributed by atoms with Crippen molar-refractivity contribution in [2.24, 2.45) is 0 Å². The van der Waals surface area contributed by atoms with Gasteiger partial charge in [-0.3, -0.25) is 0 Å². The van der Waals surface area contributed by atoms with Crippen molar-refractivity contribution in [3.8, 4) is 0 Å². The molecule has 0 aliphatic heterocycles. The SMILES string of the molecule is Clc1[c-]cccc1Cl.[Ru+2].[c-]1ccccc1. The van der Waals surface area contributed by atoms with Gasteiger partial charge in [-0.25, -0.2) is 0 Å². The molecule has 0 N–H and O–H groups in total. The van der Waals surface area contributed by atoms with Gasteiger partial charge in [0, 0.05) is 0 Å². The van der Waals surface area contributed by atoms with Gasteiger partial charge in [0.05, 0.1) is 0 Å². The van der Waals surface area contributed by atoms with E-state index in [1.54, 1.807) is 18.2 Å². The van der Waals surface area contributed by atoms with Gasteiger partial charge in [-0.2, -0.15) is 72.3 Å². The largest absolute Gasteiger partial charge is 2.00 e. The minimum Gasteiger partial charge on any atom is -0.184 e. The Kier molecular flexibility index (Phi) is 8.70. The van der Waals surface area contributed by atoms with E-state index in [0.29, 0.717) is 10.0 Å². The van der Waals surface area contributed by atoms with Crippen molar-refractivity contribution in [2.75, 3.05) is 0 Å². The van der Waals surface area contributed by atoms with Gasteiger partial charge >= 0.3 is 19.5 Å². The molecule has 2 aromatic rings. The fraction of sp³-hybridized carbons (Fsp3) is 0. The average molecular weight is 324 g/mol. The first-order chi connectivity index (χ1) is 6.80. The maximum atomic E-state index is 5.55. The first kappa shape index (κ1) is 14.6. The summed E-state index contributed by atoms with van der Waals surface area (Å²) in [4.78, 5) is 0. The number of halogens is 2. The quantitative estimate of drug-likeness (QED) is 0.501. The van der Waals surface area contributed by atoms with Gasteiger partial charge in [-0.15, -0.1) is 11.6 Å². The molecule has 78 valence electrons. The van der Waals surface area contributed by atoms with E-state index in [1.165, 1.54) is 0 Å². The van der Waals surface area contributed by atoms with Gasteiger partial charge in [-0.1, -0.05) is 10.0 Å². The van der Waals surface area contributed by atoms with Crippen LogP contribution in [0.2, 0.25) is 10.0 Å². The molecular formula is C12H8Cl2Ru. The molecule has 0 bridgehead atoms. The third-order valence-corrected chi connectivity index (χ3v) is 2.09. The van der Waals surface area contributed by atoms with Crippen LogP contribution in [0.25, 0.3) is 0 Å². The van der Waals surface area contributed by atoms with E-state index < -0.39 is 0 Å². The molecule has 0 heterocycles. The molecule has 0 atom stereocenters. The predicted octanol–water partition coefficient (Wildman–Crippen LogP) is 4.28. The minimum atomic E-state index is 0. The van der Waals surface area contributed by atoms with Crippen LogP contribution in [0, 0.1) is 12.1 Å². The van der Waals surface area contributed by atoms with Crippen molar-refractivity contribution in [3.63, 3.8) is 0 Å². The second-order valence-corrected chi connectivity index (χ2v) is 3.19. The smallest absolute Gasteiger partial charge is 0.184 e. The predicted molar refractivity (Wildman–Crippen MR) is 60.6 cm³/mol. The third kappa shape index (κ3) is 6.68. The molecule has 2 aromatic carbocycles. The zero-order valence-corrected chi connectivity index (χ0v) is 11.0. The number of rotatable bonds is 0. The average Bonchev–Trinajstić information content (AvgIpc) is 2.26. The Labute approximate surface area is 113 Å². The molecule has 0 radical (unpaired) electrons. The molecular weight excluding hydrogens is 316 g/mol. The molecule has 0 saturated heterocycles. The third-order valence-electron chi connectivity index (χ3n) is 1.37. The fourth-order valence-corrected chi connectivity index (χ4v) is 0.991. The molecule has 0 spiro atoms. The van der Waals surface area contributed by atoms with E-state index in [4.69, 9.17) is 23.2 Å². The Morgan fingerprint density at radius 2 is 1.53 bits per heavy atom. The first-order valence-electron chi connectivity index (χ1n) is 4.03. The zero-order chi connectivity index (χ0) is 10.2. The van der Waals surface area contributed by atoms with E-state index in [2.05, 4.69) is 12.1 Å². The summed E-state index contributed by atoms with van der Waals surface area (Å²) in [7, 11) is 0. The van der Waals surface area contributed by atoms with Crippen molar-refractivity contribution >= 4 is 23.2 Å². The summed E-state index contributed by atoms with van der Waals surface area (Å²) >= 11 is 11.1. The Bertz CT molecular complexity index is 315. The normalized spacial score (nSPS) is 8.13. The Morgan fingerprint density at radius 3 is 1.80 bits per heavy atom. The van der Waals surface area contributed by atoms with Crippen LogP contribution in [-0.2, 0) is 19.5 Å². The molecule has 0 unspecified atom stereocenters. The van der Waals surface area contributed by atoms with Crippen LogP contribution >= 0.6 is 23.2 Å². The monoisotopic (exact) mass is 324 g/mol. The number of hydrogen-bond acceptors (Lipinski definition) is 0. The van der Waals surface area contributed by atoms with Gasteiger partial charge in [0.15, 0.2) is 0 Å². The van der Waals surface area contributed by atoms with Crippen LogP contribution in [-0.4, -0.2) is 0 Å². The van der Waals surface area contributed by atoms with Gasteiger partial charge in [0.25, 0.3) is 0 Å². The maximum Gasteiger partial charge on any atom is 2.00 e. The summed E-state index contributed by atoms with van der Waals surface area (Å²) in [6.45, 7) is 0. The Morgan fingerprint density at radius 1 is 0.867 bits per heavy atom. The molecule has 0 aromatic heterocycles. The number of hydrogen-bond donors (Lipinski definition) is 0. The van der Waals surface area contributed by atoms with Crippen molar-refractivity contribution < 1.29 is 19.5 Å². The number of benzene rings is 2. The summed E-state index contributed by atoms with van der Waals surface area (Å²) in [5, 5.41) is 1.03. The van der Waals surface area contributed by atoms with Crippen molar-refractivity contribution in [3.05, 3.63) is 70.7 Å². The maximum absolute atomic E-state index is 5.55. The molecule has 0 amide bonds. The van der Waals surface area contributed by atoms with Crippen molar-refractivity contribution in [1.29, 1.82) is 0 Å². The van der Waals surface area contributed by atoms with Crippen LogP contribution in [0.5, 0.6) is 0 Å². The van der Waals surface area contributed by atoms with Gasteiger partial charge in [0.1, 0.15) is 0 Å². The Hall–Kier alpha value is -0.357. The van der Waals surface area contributed by atoms with Gasteiger partial charge < -0.3 is 0 Å². The van der Waals surface area contributed by atoms with Crippen LogP contribution in [0.15, 0.2) is 48.5 Å². The van der Waals surface area contributed by atoms with Crippen LogP contribution in [0.4, 0.5) is 0 Å². The van der Waals surface area contributed by atoms with Crippen LogP contribution in [0.1, 0.15) is 0 Å². The minimum absolute atomic E-state index is 0. The molecule has 3 heteroatoms. The molecule has 0 nitrogen and oxygen atoms in total. The van der Waals surface area contributed by atoms with Gasteiger partial charge in [-0.05, 0) is 0 Å². The molecule has 0 aliphatic carbocycles. The second-order valence-electron chi connectivity index (χ2n) is 2.41. The van der Waals surface area contributed by atoms with E-state index in [-0.39, 0.29) is 19.5 Å². The van der Waals surface area contributed by atoms with E-state index in [1.807, 2.05) is 30.3 Å². The summed E-state index contributed by atoms with van der Waals surface area (Å²) in [6.07, 6.45) is 0. The van der Waals surface area contributed by atoms with E-state index in [9.17, 15) is 0 Å². The van der Waals surface area contributed by atoms with Crippen molar-refractivity contribution in [2.45, 2.75) is 0 Å². The van der Waals surface area contributed by atoms with Crippen LogP contribution in [0.3, 0.4) is 0 Å². The van der Waals surface area contributed by atoms with Crippen LogP contribution < -0.4 is 0 Å². The summed E-state index contributed by atoms with van der Waals surface area (Å²) in [5.41, 5.74) is 0. The molecule has 0 aliphatic rings. The molecule has 15 heavy (non-hydrogen) atoms. The Balaban J connectivity index is 0.000000253. The summed E-state index contributed by atoms with van der Waals surface area (Å²) < 4.78 is 0. The van der Waals surface area contributed by atoms with Crippen molar-refractivity contribution in [1.82, 2.24) is 0 Å². The fourth-order valence-electron chi connectivity index (χ4n) is 0.738.